The van der Waals surface area contributed by atoms with E-state index in [1.165, 1.54) is 0 Å². The number of carbonyl (C=O) groups excluding carboxylic acids is 2. The molecule has 0 radical (unpaired) electrons. The summed E-state index contributed by atoms with van der Waals surface area (Å²) < 4.78 is 31.1. The van der Waals surface area contributed by atoms with Crippen LogP contribution in [0.25, 0.3) is 0 Å². The van der Waals surface area contributed by atoms with Crippen LogP contribution in [0.3, 0.4) is 0 Å². The molecule has 0 spiro atoms. The van der Waals surface area contributed by atoms with Crippen LogP contribution < -0.4 is 5.32 Å². The number of alkyl carbamates (subject to hydrolysis) is 1. The third-order valence-electron chi connectivity index (χ3n) is 2.95. The number of rotatable bonds is 2. The van der Waals surface area contributed by atoms with Gasteiger partial charge in [0.25, 0.3) is 0 Å². The number of hydrogen-bond donors (Lipinski definition) is 1. The number of ether oxygens (including phenoxy) is 1. The smallest absolute Gasteiger partial charge is 0.408 e. The molecule has 0 bridgehead atoms. The van der Waals surface area contributed by atoms with Crippen molar-refractivity contribution < 1.29 is 23.1 Å². The number of amides is 1. The maximum atomic E-state index is 13.2. The van der Waals surface area contributed by atoms with Gasteiger partial charge in [-0.3, -0.25) is 4.79 Å². The van der Waals surface area contributed by atoms with E-state index in [0.717, 1.165) is 0 Å². The van der Waals surface area contributed by atoms with E-state index in [9.17, 15) is 18.4 Å². The topological polar surface area (TPSA) is 55.4 Å². The molecule has 0 atom stereocenters. The van der Waals surface area contributed by atoms with Crippen molar-refractivity contribution >= 4 is 32.5 Å². The maximum absolute atomic E-state index is 13.2. The summed E-state index contributed by atoms with van der Waals surface area (Å²) in [6, 6.07) is 0. The second kappa shape index (κ2) is 5.49. The van der Waals surface area contributed by atoms with Gasteiger partial charge in [-0.1, -0.05) is 0 Å². The molecule has 0 aromatic carbocycles. The average Bonchev–Trinajstić information content (AvgIpc) is 2.18. The molecule has 110 valence electrons. The molecule has 1 aliphatic carbocycles. The van der Waals surface area contributed by atoms with E-state index in [2.05, 4.69) is 5.32 Å². The summed E-state index contributed by atoms with van der Waals surface area (Å²) in [6.45, 7) is 5.08. The number of alkyl halides is 2. The second-order valence-electron chi connectivity index (χ2n) is 5.84. The van der Waals surface area contributed by atoms with Crippen LogP contribution in [0.2, 0.25) is 0 Å². The van der Waals surface area contributed by atoms with Crippen LogP contribution in [0, 0.1) is 0 Å². The summed E-state index contributed by atoms with van der Waals surface area (Å²) >= 11 is 1.54. The molecule has 19 heavy (non-hydrogen) atoms. The molecule has 1 fully saturated rings. The first-order valence-corrected chi connectivity index (χ1v) is 7.13. The molecule has 0 unspecified atom stereocenters. The lowest BCUT2D eigenvalue weighted by atomic mass is 9.81. The predicted molar refractivity (Wildman–Crippen MR) is 74.5 cm³/mol. The van der Waals surface area contributed by atoms with Crippen molar-refractivity contribution in [2.75, 3.05) is 0 Å². The minimum absolute atomic E-state index is 0.0684. The quantitative estimate of drug-likeness (QED) is 0.582. The predicted octanol–water partition coefficient (Wildman–Crippen LogP) is 3.42. The third kappa shape index (κ3) is 4.85. The van der Waals surface area contributed by atoms with Crippen LogP contribution >= 0.6 is 22.6 Å². The average molecular weight is 389 g/mol. The van der Waals surface area contributed by atoms with Crippen LogP contribution in [0.5, 0.6) is 0 Å². The molecule has 1 aliphatic rings. The highest BCUT2D eigenvalue weighted by atomic mass is 127. The number of nitrogens with one attached hydrogen (secondary N) is 1. The van der Waals surface area contributed by atoms with E-state index in [4.69, 9.17) is 4.74 Å². The van der Waals surface area contributed by atoms with Crippen molar-refractivity contribution in [1.29, 1.82) is 0 Å². The van der Waals surface area contributed by atoms with Crippen LogP contribution in [0.1, 0.15) is 46.5 Å². The van der Waals surface area contributed by atoms with Crippen molar-refractivity contribution in [3.05, 3.63) is 0 Å². The SMILES string of the molecule is CC(C)(C)OC(=O)NC1(C(=O)I)CCC(F)(F)CC1. The number of carbonyl (C=O) groups is 2. The Hall–Kier alpha value is -0.470. The fourth-order valence-electron chi connectivity index (χ4n) is 1.91. The number of halogens is 3. The summed E-state index contributed by atoms with van der Waals surface area (Å²) in [5.74, 6) is -2.76. The first-order chi connectivity index (χ1) is 8.46. The van der Waals surface area contributed by atoms with E-state index < -0.39 is 36.0 Å². The third-order valence-corrected chi connectivity index (χ3v) is 3.98. The van der Waals surface area contributed by atoms with E-state index >= 15 is 0 Å². The highest BCUT2D eigenvalue weighted by molar-refractivity contribution is 14.1. The Kier molecular flexibility index (Phi) is 4.79. The van der Waals surface area contributed by atoms with Crippen molar-refractivity contribution in [2.45, 2.75) is 63.5 Å². The first-order valence-electron chi connectivity index (χ1n) is 6.05. The summed E-state index contributed by atoms with van der Waals surface area (Å²) in [4.78, 5) is 23.4. The molecule has 4 nitrogen and oxygen atoms in total. The zero-order chi connectivity index (χ0) is 14.9. The molecule has 0 aromatic rings. The molecule has 0 aromatic heterocycles. The summed E-state index contributed by atoms with van der Waals surface area (Å²) in [6.07, 6.45) is -1.69. The highest BCUT2D eigenvalue weighted by Crippen LogP contribution is 2.40. The molecule has 7 heteroatoms. The Morgan fingerprint density at radius 1 is 1.16 bits per heavy atom. The standard InChI is InChI=1S/C12H18F2INO3/c1-10(2,3)19-9(18)16-11(8(15)17)4-6-12(13,14)7-5-11/h4-7H2,1-3H3,(H,16,18). The van der Waals surface area contributed by atoms with Crippen LogP contribution in [-0.2, 0) is 9.53 Å². The Labute approximate surface area is 124 Å². The van der Waals surface area contributed by atoms with Crippen LogP contribution in [0.4, 0.5) is 13.6 Å². The Balaban J connectivity index is 2.75. The molecule has 1 amide bonds. The van der Waals surface area contributed by atoms with E-state index in [1.807, 2.05) is 0 Å². The van der Waals surface area contributed by atoms with Gasteiger partial charge in [-0.25, -0.2) is 13.6 Å². The zero-order valence-corrected chi connectivity index (χ0v) is 13.3. The molecule has 1 N–H and O–H groups in total. The monoisotopic (exact) mass is 389 g/mol. The fourth-order valence-corrected chi connectivity index (χ4v) is 2.59. The van der Waals surface area contributed by atoms with Gasteiger partial charge in [-0.05, 0) is 33.6 Å². The van der Waals surface area contributed by atoms with Gasteiger partial charge in [0.2, 0.25) is 9.71 Å². The molecule has 0 aliphatic heterocycles. The number of hydrogen-bond acceptors (Lipinski definition) is 3. The largest absolute Gasteiger partial charge is 0.444 e. The van der Waals surface area contributed by atoms with Gasteiger partial charge in [0.1, 0.15) is 11.1 Å². The van der Waals surface area contributed by atoms with Crippen LogP contribution in [0.15, 0.2) is 0 Å². The lowest BCUT2D eigenvalue weighted by Gasteiger charge is -2.38. The minimum atomic E-state index is -2.76. The first kappa shape index (κ1) is 16.6. The molecular weight excluding hydrogens is 371 g/mol. The van der Waals surface area contributed by atoms with Gasteiger partial charge < -0.3 is 10.1 Å². The van der Waals surface area contributed by atoms with Crippen molar-refractivity contribution in [1.82, 2.24) is 5.32 Å². The van der Waals surface area contributed by atoms with Crippen molar-refractivity contribution in [3.8, 4) is 0 Å². The van der Waals surface area contributed by atoms with Crippen molar-refractivity contribution in [2.24, 2.45) is 0 Å². The molecule has 0 heterocycles. The normalized spacial score (nSPS) is 21.6. The van der Waals surface area contributed by atoms with Gasteiger partial charge >= 0.3 is 6.09 Å². The lowest BCUT2D eigenvalue weighted by molar-refractivity contribution is -0.121. The van der Waals surface area contributed by atoms with Gasteiger partial charge in [-0.2, -0.15) is 0 Å². The van der Waals surface area contributed by atoms with Gasteiger partial charge in [0, 0.05) is 35.4 Å². The minimum Gasteiger partial charge on any atom is -0.444 e. The highest BCUT2D eigenvalue weighted by Gasteiger charge is 2.48. The van der Waals surface area contributed by atoms with Crippen molar-refractivity contribution in [3.63, 3.8) is 0 Å². The van der Waals surface area contributed by atoms with E-state index in [1.54, 1.807) is 43.4 Å². The summed E-state index contributed by atoms with van der Waals surface area (Å²) in [5, 5.41) is 2.47. The van der Waals surface area contributed by atoms with Gasteiger partial charge in [0.05, 0.1) is 0 Å². The fraction of sp³-hybridized carbons (Fsp3) is 0.833. The summed E-state index contributed by atoms with van der Waals surface area (Å²) in [7, 11) is 0. The maximum Gasteiger partial charge on any atom is 0.408 e. The Bertz CT molecular complexity index is 370. The molecule has 1 rings (SSSR count). The van der Waals surface area contributed by atoms with E-state index in [-0.39, 0.29) is 16.6 Å². The molecule has 1 saturated carbocycles. The van der Waals surface area contributed by atoms with Gasteiger partial charge in [0.15, 0.2) is 0 Å². The molecular formula is C12H18F2INO3. The van der Waals surface area contributed by atoms with E-state index in [0.29, 0.717) is 0 Å². The molecule has 0 saturated heterocycles. The Morgan fingerprint density at radius 3 is 2.00 bits per heavy atom. The van der Waals surface area contributed by atoms with Crippen LogP contribution in [-0.4, -0.2) is 26.9 Å². The second-order valence-corrected chi connectivity index (χ2v) is 6.82. The lowest BCUT2D eigenvalue weighted by Crippen LogP contribution is -2.56. The van der Waals surface area contributed by atoms with Gasteiger partial charge in [-0.15, -0.1) is 0 Å². The summed E-state index contributed by atoms with van der Waals surface area (Å²) in [5.41, 5.74) is -1.93. The zero-order valence-electron chi connectivity index (χ0n) is 11.2. The Morgan fingerprint density at radius 2 is 1.63 bits per heavy atom.